The van der Waals surface area contributed by atoms with E-state index < -0.39 is 0 Å². The van der Waals surface area contributed by atoms with Gasteiger partial charge >= 0.3 is 0 Å². The second-order valence-electron chi connectivity index (χ2n) is 4.16. The molecule has 0 fully saturated rings. The van der Waals surface area contributed by atoms with E-state index >= 15 is 0 Å². The van der Waals surface area contributed by atoms with Crippen LogP contribution in [0.4, 0.5) is 0 Å². The lowest BCUT2D eigenvalue weighted by Crippen LogP contribution is -2.07. The molecule has 18 heavy (non-hydrogen) atoms. The predicted octanol–water partition coefficient (Wildman–Crippen LogP) is 3.53. The van der Waals surface area contributed by atoms with E-state index in [1.807, 2.05) is 0 Å². The first-order valence-electron chi connectivity index (χ1n) is 6.57. The van der Waals surface area contributed by atoms with Crippen molar-refractivity contribution in [1.29, 1.82) is 5.26 Å². The van der Waals surface area contributed by atoms with Crippen molar-refractivity contribution in [2.24, 2.45) is 0 Å². The van der Waals surface area contributed by atoms with E-state index in [0.717, 1.165) is 18.8 Å². The van der Waals surface area contributed by atoms with Crippen molar-refractivity contribution in [3.05, 3.63) is 29.8 Å². The zero-order chi connectivity index (χ0) is 13.1. The molecule has 3 nitrogen and oxygen atoms in total. The Kier molecular flexibility index (Phi) is 7.66. The Hall–Kier alpha value is -1.53. The van der Waals surface area contributed by atoms with Gasteiger partial charge in [-0.2, -0.15) is 5.26 Å². The number of hydrogen-bond donors (Lipinski definition) is 0. The number of nitriles is 1. The zero-order valence-electron chi connectivity index (χ0n) is 11.0. The summed E-state index contributed by atoms with van der Waals surface area (Å²) in [4.78, 5) is 0. The van der Waals surface area contributed by atoms with E-state index in [4.69, 9.17) is 14.7 Å². The van der Waals surface area contributed by atoms with Gasteiger partial charge in [0.15, 0.2) is 0 Å². The van der Waals surface area contributed by atoms with E-state index in [1.165, 1.54) is 19.3 Å². The number of ether oxygens (including phenoxy) is 2. The molecular weight excluding hydrogens is 226 g/mol. The number of unbranched alkanes of at least 4 members (excludes halogenated alkanes) is 3. The Balaban J connectivity index is 2.02. The van der Waals surface area contributed by atoms with E-state index in [0.29, 0.717) is 18.8 Å². The minimum Gasteiger partial charge on any atom is -0.491 e. The highest BCUT2D eigenvalue weighted by Gasteiger charge is 1.95. The molecule has 0 aliphatic carbocycles. The van der Waals surface area contributed by atoms with Gasteiger partial charge in [0, 0.05) is 6.61 Å². The Labute approximate surface area is 109 Å². The largest absolute Gasteiger partial charge is 0.491 e. The Morgan fingerprint density at radius 1 is 1.00 bits per heavy atom. The minimum absolute atomic E-state index is 0.555. The van der Waals surface area contributed by atoms with Crippen LogP contribution < -0.4 is 4.74 Å². The quantitative estimate of drug-likeness (QED) is 0.627. The fourth-order valence-electron chi connectivity index (χ4n) is 1.58. The molecule has 0 saturated heterocycles. The molecule has 1 rings (SSSR count). The van der Waals surface area contributed by atoms with Crippen LogP contribution in [0.1, 0.15) is 38.2 Å². The Morgan fingerprint density at radius 2 is 1.78 bits per heavy atom. The van der Waals surface area contributed by atoms with Gasteiger partial charge in [0.05, 0.1) is 18.2 Å². The van der Waals surface area contributed by atoms with Crippen LogP contribution in [0, 0.1) is 11.3 Å². The van der Waals surface area contributed by atoms with Crippen LogP contribution in [-0.2, 0) is 4.74 Å². The molecule has 0 aliphatic rings. The molecule has 98 valence electrons. The number of benzene rings is 1. The molecule has 0 aliphatic heterocycles. The van der Waals surface area contributed by atoms with Crippen LogP contribution in [-0.4, -0.2) is 19.8 Å². The topological polar surface area (TPSA) is 42.2 Å². The number of hydrogen-bond acceptors (Lipinski definition) is 3. The zero-order valence-corrected chi connectivity index (χ0v) is 11.0. The summed E-state index contributed by atoms with van der Waals surface area (Å²) >= 11 is 0. The lowest BCUT2D eigenvalue weighted by molar-refractivity contribution is 0.0971. The number of nitrogens with zero attached hydrogens (tertiary/aromatic N) is 1. The average molecular weight is 247 g/mol. The van der Waals surface area contributed by atoms with Gasteiger partial charge in [0.1, 0.15) is 12.4 Å². The van der Waals surface area contributed by atoms with Crippen LogP contribution in [0.15, 0.2) is 24.3 Å². The maximum absolute atomic E-state index is 8.65. The molecule has 0 spiro atoms. The smallest absolute Gasteiger partial charge is 0.119 e. The highest BCUT2D eigenvalue weighted by Crippen LogP contribution is 2.11. The van der Waals surface area contributed by atoms with Gasteiger partial charge in [-0.3, -0.25) is 0 Å². The molecule has 0 atom stereocenters. The molecule has 0 bridgehead atoms. The third-order valence-corrected chi connectivity index (χ3v) is 2.62. The normalized spacial score (nSPS) is 10.0. The van der Waals surface area contributed by atoms with Gasteiger partial charge < -0.3 is 9.47 Å². The van der Waals surface area contributed by atoms with Gasteiger partial charge in [-0.05, 0) is 30.7 Å². The average Bonchev–Trinajstić information content (AvgIpc) is 2.42. The van der Waals surface area contributed by atoms with Crippen LogP contribution in [0.5, 0.6) is 5.75 Å². The molecule has 0 radical (unpaired) electrons. The monoisotopic (exact) mass is 247 g/mol. The molecule has 0 heterocycles. The van der Waals surface area contributed by atoms with Crippen LogP contribution >= 0.6 is 0 Å². The minimum atomic E-state index is 0.555. The van der Waals surface area contributed by atoms with Crippen LogP contribution in [0.25, 0.3) is 0 Å². The molecule has 0 N–H and O–H groups in total. The van der Waals surface area contributed by atoms with Gasteiger partial charge in [-0.1, -0.05) is 26.2 Å². The fourth-order valence-corrected chi connectivity index (χ4v) is 1.58. The maximum Gasteiger partial charge on any atom is 0.119 e. The SMILES string of the molecule is CCCCCCOCCOc1ccc(C#N)cc1. The molecule has 0 saturated carbocycles. The van der Waals surface area contributed by atoms with E-state index in [-0.39, 0.29) is 0 Å². The highest BCUT2D eigenvalue weighted by molar-refractivity contribution is 5.34. The molecular formula is C15H21NO2. The lowest BCUT2D eigenvalue weighted by atomic mass is 10.2. The summed E-state index contributed by atoms with van der Waals surface area (Å²) in [6.07, 6.45) is 4.91. The summed E-state index contributed by atoms with van der Waals surface area (Å²) in [5.74, 6) is 0.781. The van der Waals surface area contributed by atoms with Crippen molar-refractivity contribution in [2.45, 2.75) is 32.6 Å². The molecule has 0 unspecified atom stereocenters. The summed E-state index contributed by atoms with van der Waals surface area (Å²) in [5, 5.41) is 8.65. The standard InChI is InChI=1S/C15H21NO2/c1-2-3-4-5-10-17-11-12-18-15-8-6-14(13-16)7-9-15/h6-9H,2-5,10-12H2,1H3. The summed E-state index contributed by atoms with van der Waals surface area (Å²) < 4.78 is 11.0. The summed E-state index contributed by atoms with van der Waals surface area (Å²) in [6.45, 7) is 4.19. The Morgan fingerprint density at radius 3 is 2.44 bits per heavy atom. The van der Waals surface area contributed by atoms with Crippen molar-refractivity contribution >= 4 is 0 Å². The summed E-state index contributed by atoms with van der Waals surface area (Å²) in [7, 11) is 0. The van der Waals surface area contributed by atoms with E-state index in [1.54, 1.807) is 24.3 Å². The highest BCUT2D eigenvalue weighted by atomic mass is 16.5. The third kappa shape index (κ3) is 6.27. The lowest BCUT2D eigenvalue weighted by Gasteiger charge is -2.07. The van der Waals surface area contributed by atoms with Crippen LogP contribution in [0.2, 0.25) is 0 Å². The maximum atomic E-state index is 8.65. The summed E-state index contributed by atoms with van der Waals surface area (Å²) in [6, 6.07) is 9.19. The van der Waals surface area contributed by atoms with Crippen molar-refractivity contribution in [3.63, 3.8) is 0 Å². The number of rotatable bonds is 9. The molecule has 0 aromatic heterocycles. The van der Waals surface area contributed by atoms with Crippen molar-refractivity contribution in [1.82, 2.24) is 0 Å². The summed E-state index contributed by atoms with van der Waals surface area (Å²) in [5.41, 5.74) is 0.648. The second-order valence-corrected chi connectivity index (χ2v) is 4.16. The van der Waals surface area contributed by atoms with E-state index in [9.17, 15) is 0 Å². The van der Waals surface area contributed by atoms with Gasteiger partial charge in [-0.25, -0.2) is 0 Å². The molecule has 0 amide bonds. The molecule has 1 aromatic rings. The first-order valence-corrected chi connectivity index (χ1v) is 6.57. The van der Waals surface area contributed by atoms with Crippen molar-refractivity contribution in [3.8, 4) is 11.8 Å². The predicted molar refractivity (Wildman–Crippen MR) is 71.6 cm³/mol. The molecule has 1 aromatic carbocycles. The van der Waals surface area contributed by atoms with Gasteiger partial charge in [0.25, 0.3) is 0 Å². The van der Waals surface area contributed by atoms with Crippen LogP contribution in [0.3, 0.4) is 0 Å². The Bertz CT molecular complexity index is 354. The van der Waals surface area contributed by atoms with Gasteiger partial charge in [-0.15, -0.1) is 0 Å². The fraction of sp³-hybridized carbons (Fsp3) is 0.533. The second kappa shape index (κ2) is 9.49. The van der Waals surface area contributed by atoms with Crippen molar-refractivity contribution in [2.75, 3.05) is 19.8 Å². The van der Waals surface area contributed by atoms with E-state index in [2.05, 4.69) is 13.0 Å². The van der Waals surface area contributed by atoms with Crippen molar-refractivity contribution < 1.29 is 9.47 Å². The first kappa shape index (κ1) is 14.5. The molecule has 3 heteroatoms. The third-order valence-electron chi connectivity index (χ3n) is 2.62. The first-order chi connectivity index (χ1) is 8.86. The van der Waals surface area contributed by atoms with Gasteiger partial charge in [0.2, 0.25) is 0 Å².